The summed E-state index contributed by atoms with van der Waals surface area (Å²) >= 11 is 6.29. The van der Waals surface area contributed by atoms with Crippen LogP contribution in [0.3, 0.4) is 0 Å². The van der Waals surface area contributed by atoms with Crippen LogP contribution in [-0.4, -0.2) is 40.4 Å². The largest absolute Gasteiger partial charge is 0.491 e. The Morgan fingerprint density at radius 3 is 2.79 bits per heavy atom. The van der Waals surface area contributed by atoms with Crippen molar-refractivity contribution in [1.82, 2.24) is 15.2 Å². The van der Waals surface area contributed by atoms with E-state index in [2.05, 4.69) is 15.2 Å². The standard InChI is InChI=1S/C20H17ClN4O4/c1-11-13(4-3-5-16(11)25(26)27)18-17-14-7-6-12(29-9-8-28-2)10-15(14)22-19(17)20(21)24-23-18/h3-7,10,22H,8-9H2,1-2H3. The molecule has 2 aromatic carbocycles. The molecule has 0 amide bonds. The Hall–Kier alpha value is -3.23. The molecule has 0 unspecified atom stereocenters. The van der Waals surface area contributed by atoms with Crippen molar-refractivity contribution in [1.29, 1.82) is 0 Å². The summed E-state index contributed by atoms with van der Waals surface area (Å²) in [4.78, 5) is 14.2. The van der Waals surface area contributed by atoms with Crippen LogP contribution in [0.15, 0.2) is 36.4 Å². The Balaban J connectivity index is 1.92. The second-order valence-corrected chi connectivity index (χ2v) is 6.83. The molecule has 29 heavy (non-hydrogen) atoms. The van der Waals surface area contributed by atoms with Crippen molar-refractivity contribution in [2.24, 2.45) is 0 Å². The van der Waals surface area contributed by atoms with E-state index < -0.39 is 4.92 Å². The fourth-order valence-electron chi connectivity index (χ4n) is 3.37. The quantitative estimate of drug-likeness (QED) is 0.280. The topological polar surface area (TPSA) is 103 Å². The maximum atomic E-state index is 11.4. The second-order valence-electron chi connectivity index (χ2n) is 6.47. The molecule has 0 bridgehead atoms. The zero-order chi connectivity index (χ0) is 20.5. The first kappa shape index (κ1) is 19.1. The van der Waals surface area contributed by atoms with Gasteiger partial charge in [0.1, 0.15) is 18.1 Å². The molecule has 0 saturated heterocycles. The van der Waals surface area contributed by atoms with Gasteiger partial charge in [-0.3, -0.25) is 10.1 Å². The number of aromatic amines is 1. The zero-order valence-corrected chi connectivity index (χ0v) is 16.5. The van der Waals surface area contributed by atoms with Gasteiger partial charge >= 0.3 is 0 Å². The number of aromatic nitrogens is 3. The Morgan fingerprint density at radius 1 is 1.21 bits per heavy atom. The molecule has 0 spiro atoms. The van der Waals surface area contributed by atoms with Gasteiger partial charge in [-0.2, -0.15) is 0 Å². The number of nitrogens with zero attached hydrogens (tertiary/aromatic N) is 3. The molecule has 0 atom stereocenters. The van der Waals surface area contributed by atoms with Gasteiger partial charge in [0.05, 0.1) is 22.6 Å². The van der Waals surface area contributed by atoms with Crippen molar-refractivity contribution in [3.8, 4) is 17.0 Å². The second kappa shape index (κ2) is 7.65. The summed E-state index contributed by atoms with van der Waals surface area (Å²) in [6, 6.07) is 10.5. The minimum atomic E-state index is -0.405. The fourth-order valence-corrected chi connectivity index (χ4v) is 3.55. The number of nitrogens with one attached hydrogen (secondary N) is 1. The van der Waals surface area contributed by atoms with Crippen LogP contribution < -0.4 is 4.74 Å². The molecule has 1 N–H and O–H groups in total. The van der Waals surface area contributed by atoms with Gasteiger partial charge in [0.15, 0.2) is 5.15 Å². The SMILES string of the molecule is COCCOc1ccc2c(c1)[nH]c1c(Cl)nnc(-c3cccc([N+](=O)[O-])c3C)c12. The number of halogens is 1. The van der Waals surface area contributed by atoms with E-state index in [1.807, 2.05) is 18.2 Å². The van der Waals surface area contributed by atoms with Gasteiger partial charge in [-0.25, -0.2) is 0 Å². The minimum Gasteiger partial charge on any atom is -0.491 e. The third-order valence-electron chi connectivity index (χ3n) is 4.76. The highest BCUT2D eigenvalue weighted by Crippen LogP contribution is 2.39. The molecule has 0 radical (unpaired) electrons. The van der Waals surface area contributed by atoms with Gasteiger partial charge in [0, 0.05) is 41.1 Å². The lowest BCUT2D eigenvalue weighted by atomic mass is 10.00. The third-order valence-corrected chi connectivity index (χ3v) is 5.03. The average molecular weight is 413 g/mol. The first-order valence-corrected chi connectivity index (χ1v) is 9.22. The van der Waals surface area contributed by atoms with Crippen LogP contribution in [0.2, 0.25) is 5.15 Å². The molecule has 0 fully saturated rings. The van der Waals surface area contributed by atoms with E-state index in [0.717, 1.165) is 16.3 Å². The highest BCUT2D eigenvalue weighted by Gasteiger charge is 2.21. The van der Waals surface area contributed by atoms with Crippen molar-refractivity contribution >= 4 is 39.1 Å². The number of fused-ring (bicyclic) bond motifs is 3. The maximum absolute atomic E-state index is 11.4. The molecule has 0 aliphatic heterocycles. The predicted molar refractivity (Wildman–Crippen MR) is 111 cm³/mol. The van der Waals surface area contributed by atoms with Crippen LogP contribution in [0, 0.1) is 17.0 Å². The fraction of sp³-hybridized carbons (Fsp3) is 0.200. The molecule has 0 saturated carbocycles. The summed E-state index contributed by atoms with van der Waals surface area (Å²) < 4.78 is 10.7. The Labute approximate surface area is 170 Å². The lowest BCUT2D eigenvalue weighted by Crippen LogP contribution is -2.03. The molecule has 148 valence electrons. The molecule has 0 aliphatic carbocycles. The summed E-state index contributed by atoms with van der Waals surface area (Å²) in [6.45, 7) is 2.62. The lowest BCUT2D eigenvalue weighted by molar-refractivity contribution is -0.385. The van der Waals surface area contributed by atoms with E-state index in [1.165, 1.54) is 6.07 Å². The molecular weight excluding hydrogens is 396 g/mol. The van der Waals surface area contributed by atoms with Crippen LogP contribution in [0.1, 0.15) is 5.56 Å². The Bertz CT molecular complexity index is 1240. The molecule has 2 heterocycles. The summed E-state index contributed by atoms with van der Waals surface area (Å²) in [6.07, 6.45) is 0. The molecule has 2 aromatic heterocycles. The van der Waals surface area contributed by atoms with Crippen LogP contribution >= 0.6 is 11.6 Å². The normalized spacial score (nSPS) is 11.3. The average Bonchev–Trinajstić information content (AvgIpc) is 3.09. The van der Waals surface area contributed by atoms with Crippen LogP contribution in [0.4, 0.5) is 5.69 Å². The molecular formula is C20H17ClN4O4. The summed E-state index contributed by atoms with van der Waals surface area (Å²) in [5.74, 6) is 0.686. The molecule has 8 nitrogen and oxygen atoms in total. The van der Waals surface area contributed by atoms with Crippen molar-refractivity contribution in [3.63, 3.8) is 0 Å². The highest BCUT2D eigenvalue weighted by atomic mass is 35.5. The number of H-pyrrole nitrogens is 1. The molecule has 4 rings (SSSR count). The maximum Gasteiger partial charge on any atom is 0.272 e. The first-order valence-electron chi connectivity index (χ1n) is 8.85. The van der Waals surface area contributed by atoms with E-state index in [4.69, 9.17) is 21.1 Å². The van der Waals surface area contributed by atoms with E-state index in [1.54, 1.807) is 26.2 Å². The van der Waals surface area contributed by atoms with E-state index >= 15 is 0 Å². The molecule has 4 aromatic rings. The van der Waals surface area contributed by atoms with Gasteiger partial charge in [0.25, 0.3) is 5.69 Å². The number of nitro benzene ring substituents is 1. The first-order chi connectivity index (χ1) is 14.0. The monoisotopic (exact) mass is 412 g/mol. The van der Waals surface area contributed by atoms with Gasteiger partial charge in [-0.1, -0.05) is 23.7 Å². The van der Waals surface area contributed by atoms with Crippen LogP contribution in [-0.2, 0) is 4.74 Å². The number of rotatable bonds is 6. The number of methoxy groups -OCH3 is 1. The van der Waals surface area contributed by atoms with Crippen LogP contribution in [0.25, 0.3) is 33.1 Å². The summed E-state index contributed by atoms with van der Waals surface area (Å²) in [5, 5.41) is 21.5. The number of hydrogen-bond acceptors (Lipinski definition) is 6. The predicted octanol–water partition coefficient (Wildman–Crippen LogP) is 4.67. The molecule has 9 heteroatoms. The highest BCUT2D eigenvalue weighted by molar-refractivity contribution is 6.35. The smallest absolute Gasteiger partial charge is 0.272 e. The molecule has 0 aliphatic rings. The number of hydrogen-bond donors (Lipinski definition) is 1. The van der Waals surface area contributed by atoms with E-state index in [9.17, 15) is 10.1 Å². The zero-order valence-electron chi connectivity index (χ0n) is 15.7. The summed E-state index contributed by atoms with van der Waals surface area (Å²) in [5.41, 5.74) is 3.13. The van der Waals surface area contributed by atoms with Crippen molar-refractivity contribution < 1.29 is 14.4 Å². The number of nitro groups is 1. The van der Waals surface area contributed by atoms with Gasteiger partial charge in [-0.15, -0.1) is 10.2 Å². The van der Waals surface area contributed by atoms with Gasteiger partial charge in [0.2, 0.25) is 0 Å². The van der Waals surface area contributed by atoms with Gasteiger partial charge < -0.3 is 14.5 Å². The van der Waals surface area contributed by atoms with Crippen molar-refractivity contribution in [2.75, 3.05) is 20.3 Å². The third kappa shape index (κ3) is 3.37. The number of ether oxygens (including phenoxy) is 2. The minimum absolute atomic E-state index is 0.0288. The summed E-state index contributed by atoms with van der Waals surface area (Å²) in [7, 11) is 1.61. The Kier molecular flexibility index (Phi) is 5.04. The van der Waals surface area contributed by atoms with Crippen molar-refractivity contribution in [3.05, 3.63) is 57.2 Å². The van der Waals surface area contributed by atoms with E-state index in [0.29, 0.717) is 41.3 Å². The Morgan fingerprint density at radius 2 is 2.03 bits per heavy atom. The van der Waals surface area contributed by atoms with E-state index in [-0.39, 0.29) is 10.8 Å². The number of benzene rings is 2. The van der Waals surface area contributed by atoms with Gasteiger partial charge in [-0.05, 0) is 19.1 Å². The van der Waals surface area contributed by atoms with Crippen molar-refractivity contribution in [2.45, 2.75) is 6.92 Å². The van der Waals surface area contributed by atoms with Crippen LogP contribution in [0.5, 0.6) is 5.75 Å². The lowest BCUT2D eigenvalue weighted by Gasteiger charge is -2.08.